The molecule has 2 aromatic carbocycles. The summed E-state index contributed by atoms with van der Waals surface area (Å²) in [6, 6.07) is 8.78. The maximum absolute atomic E-state index is 12.6. The first-order valence-corrected chi connectivity index (χ1v) is 10.4. The van der Waals surface area contributed by atoms with Crippen molar-refractivity contribution in [2.24, 2.45) is 7.05 Å². The second-order valence-corrected chi connectivity index (χ2v) is 7.85. The number of aryl methyl sites for hydroxylation is 2. The molecule has 190 valence electrons. The van der Waals surface area contributed by atoms with Gasteiger partial charge >= 0.3 is 71.5 Å². The van der Waals surface area contributed by atoms with Gasteiger partial charge in [0.15, 0.2) is 0 Å². The van der Waals surface area contributed by atoms with Crippen molar-refractivity contribution in [1.29, 1.82) is 0 Å². The van der Waals surface area contributed by atoms with Gasteiger partial charge in [0.2, 0.25) is 0 Å². The minimum absolute atomic E-state index is 0. The molecule has 9 nitrogen and oxygen atoms in total. The number of carbonyl (C=O) groups is 2. The number of anilines is 1. The Balaban J connectivity index is 0.00000361. The number of rotatable bonds is 7. The van der Waals surface area contributed by atoms with Crippen LogP contribution in [-0.4, -0.2) is 22.9 Å². The van der Waals surface area contributed by atoms with Crippen LogP contribution in [0.2, 0.25) is 0 Å². The van der Waals surface area contributed by atoms with Crippen LogP contribution in [0.15, 0.2) is 59.5 Å². The summed E-state index contributed by atoms with van der Waals surface area (Å²) in [6.07, 6.45) is -4.31. The summed E-state index contributed by atoms with van der Waals surface area (Å²) in [5.41, 5.74) is 0.494. The Morgan fingerprint density at radius 1 is 1.11 bits per heavy atom. The second kappa shape index (κ2) is 14.1. The predicted molar refractivity (Wildman–Crippen MR) is 119 cm³/mol. The van der Waals surface area contributed by atoms with E-state index in [2.05, 4.69) is 15.4 Å². The van der Waals surface area contributed by atoms with Crippen LogP contribution in [0, 0.1) is 6.92 Å². The van der Waals surface area contributed by atoms with Crippen molar-refractivity contribution in [2.45, 2.75) is 25.7 Å². The number of nitrogens with one attached hydrogen (secondary N) is 2. The van der Waals surface area contributed by atoms with Gasteiger partial charge in [0.1, 0.15) is 11.4 Å². The number of aromatic nitrogens is 1. The van der Waals surface area contributed by atoms with Gasteiger partial charge in [-0.1, -0.05) is 36.1 Å². The van der Waals surface area contributed by atoms with E-state index in [1.165, 1.54) is 37.5 Å². The molecule has 0 fully saturated rings. The largest absolute Gasteiger partial charge is 1.00 e. The van der Waals surface area contributed by atoms with Crippen LogP contribution in [0.5, 0.6) is 11.5 Å². The Bertz CT molecular complexity index is 1360. The number of carbonyl (C=O) groups excluding carboxylic acids is 2. The van der Waals surface area contributed by atoms with Crippen molar-refractivity contribution in [1.82, 2.24) is 9.88 Å². The zero-order valence-electron chi connectivity index (χ0n) is 21.0. The van der Waals surface area contributed by atoms with Gasteiger partial charge in [-0.15, -0.1) is 13.2 Å². The quantitative estimate of drug-likeness (QED) is 0.292. The molecule has 2 amide bonds. The van der Waals surface area contributed by atoms with Crippen LogP contribution in [0.4, 0.5) is 23.7 Å². The average molecular weight is 549 g/mol. The number of nitrogens with zero attached hydrogens (tertiary/aromatic N) is 1. The number of aliphatic carboxylic acids is 1. The summed E-state index contributed by atoms with van der Waals surface area (Å²) in [5.74, 6) is -2.67. The molecule has 0 unspecified atom stereocenters. The summed E-state index contributed by atoms with van der Waals surface area (Å²) in [6.45, 7) is 1.70. The Kier molecular flexibility index (Phi) is 12.4. The molecule has 0 aliphatic carbocycles. The third-order valence-electron chi connectivity index (χ3n) is 5.19. The molecule has 0 spiro atoms. The minimum atomic E-state index is -4.88. The number of pyridine rings is 1. The molecule has 14 heteroatoms. The molecule has 0 radical (unpaired) electrons. The van der Waals surface area contributed by atoms with Crippen LogP contribution in [-0.2, 0) is 11.8 Å². The number of ether oxygens (including phenoxy) is 1. The molecule has 1 atom stereocenters. The van der Waals surface area contributed by atoms with Gasteiger partial charge in [-0.2, -0.15) is 0 Å². The maximum Gasteiger partial charge on any atom is 1.00 e. The molecular formula is C24H20F3N3Na2O6. The van der Waals surface area contributed by atoms with E-state index in [4.69, 9.17) is 0 Å². The fourth-order valence-corrected chi connectivity index (χ4v) is 3.48. The molecule has 2 N–H and O–H groups in total. The first kappa shape index (κ1) is 33.5. The topological polar surface area (TPSA) is 136 Å². The number of carboxylic acid groups (broad SMARTS) is 1. The number of alkyl halides is 3. The number of hydrogen-bond donors (Lipinski definition) is 2. The summed E-state index contributed by atoms with van der Waals surface area (Å²) in [5, 5.41) is 27.9. The minimum Gasteiger partial charge on any atom is -0.871 e. The van der Waals surface area contributed by atoms with Crippen LogP contribution >= 0.6 is 0 Å². The molecule has 1 aromatic heterocycles. The van der Waals surface area contributed by atoms with E-state index < -0.39 is 53.6 Å². The zero-order valence-corrected chi connectivity index (χ0v) is 25.0. The second-order valence-electron chi connectivity index (χ2n) is 7.85. The van der Waals surface area contributed by atoms with E-state index in [1.54, 1.807) is 19.1 Å². The zero-order chi connectivity index (χ0) is 26.6. The summed E-state index contributed by atoms with van der Waals surface area (Å²) in [4.78, 5) is 36.1. The van der Waals surface area contributed by atoms with Crippen molar-refractivity contribution < 1.29 is 96.8 Å². The van der Waals surface area contributed by atoms with Crippen molar-refractivity contribution >= 4 is 17.7 Å². The average Bonchev–Trinajstić information content (AvgIpc) is 2.78. The normalized spacial score (nSPS) is 11.4. The molecule has 1 heterocycles. The van der Waals surface area contributed by atoms with E-state index >= 15 is 0 Å². The maximum atomic E-state index is 12.6. The summed E-state index contributed by atoms with van der Waals surface area (Å²) >= 11 is 0. The first-order valence-electron chi connectivity index (χ1n) is 10.4. The van der Waals surface area contributed by atoms with Crippen LogP contribution in [0.1, 0.15) is 23.6 Å². The Morgan fingerprint density at radius 3 is 2.42 bits per heavy atom. The van der Waals surface area contributed by atoms with E-state index in [0.29, 0.717) is 22.3 Å². The number of hydrogen-bond acceptors (Lipinski definition) is 6. The number of carboxylic acids is 1. The smallest absolute Gasteiger partial charge is 0.871 e. The van der Waals surface area contributed by atoms with Gasteiger partial charge < -0.3 is 34.9 Å². The van der Waals surface area contributed by atoms with E-state index in [-0.39, 0.29) is 59.1 Å². The van der Waals surface area contributed by atoms with Crippen LogP contribution in [0.25, 0.3) is 11.1 Å². The van der Waals surface area contributed by atoms with Crippen molar-refractivity contribution in [3.05, 3.63) is 76.2 Å². The van der Waals surface area contributed by atoms with Gasteiger partial charge in [0.05, 0.1) is 6.04 Å². The van der Waals surface area contributed by atoms with E-state index in [1.807, 2.05) is 0 Å². The SMILES string of the molecule is Cc1ccc([C@H](CC(=O)[O-])NC(=O)Nc2c([O-])ccn(C)c2=O)cc1-c1cccc(OC(F)(F)F)c1.[Na+].[Na+]. The summed E-state index contributed by atoms with van der Waals surface area (Å²) < 4.78 is 42.9. The molecule has 0 bridgehead atoms. The first-order chi connectivity index (χ1) is 16.8. The van der Waals surface area contributed by atoms with Gasteiger partial charge in [-0.3, -0.25) is 4.79 Å². The van der Waals surface area contributed by atoms with Gasteiger partial charge in [0, 0.05) is 25.6 Å². The number of amides is 2. The monoisotopic (exact) mass is 549 g/mol. The molecule has 3 rings (SSSR count). The molecule has 0 aliphatic rings. The molecular weight excluding hydrogens is 529 g/mol. The number of benzene rings is 2. The number of halogens is 3. The van der Waals surface area contributed by atoms with Crippen molar-refractivity contribution in [2.75, 3.05) is 5.32 Å². The fourth-order valence-electron chi connectivity index (χ4n) is 3.48. The van der Waals surface area contributed by atoms with Crippen molar-refractivity contribution in [3.63, 3.8) is 0 Å². The van der Waals surface area contributed by atoms with Gasteiger partial charge in [0.25, 0.3) is 5.56 Å². The third kappa shape index (κ3) is 9.07. The molecule has 38 heavy (non-hydrogen) atoms. The molecule has 0 aliphatic heterocycles. The molecule has 0 saturated heterocycles. The van der Waals surface area contributed by atoms with Gasteiger partial charge in [-0.25, -0.2) is 4.79 Å². The number of urea groups is 1. The third-order valence-corrected chi connectivity index (χ3v) is 5.19. The van der Waals surface area contributed by atoms with Crippen LogP contribution in [0.3, 0.4) is 0 Å². The molecule has 3 aromatic rings. The van der Waals surface area contributed by atoms with Crippen LogP contribution < -0.4 is 90.3 Å². The standard InChI is InChI=1S/C24H22F3N3O6.2Na/c1-13-6-7-15(11-17(13)14-4-3-5-16(10-14)36-24(25,26)27)18(12-20(32)33)28-23(35)29-21-19(31)8-9-30(2)22(21)34;;/h3-11,18,31H,12H2,1-2H3,(H,32,33)(H2,28,29,35);;/q;2*+1/p-2/t18-;;/m0../s1. The molecule has 0 saturated carbocycles. The van der Waals surface area contributed by atoms with E-state index in [9.17, 15) is 37.8 Å². The van der Waals surface area contributed by atoms with Crippen molar-refractivity contribution in [3.8, 4) is 22.6 Å². The van der Waals surface area contributed by atoms with E-state index in [0.717, 1.165) is 16.7 Å². The Hall–Kier alpha value is -2.48. The Labute approximate surface area is 259 Å². The summed E-state index contributed by atoms with van der Waals surface area (Å²) in [7, 11) is 1.38. The fraction of sp³-hybridized carbons (Fsp3) is 0.208. The predicted octanol–water partition coefficient (Wildman–Crippen LogP) is -3.66. The Morgan fingerprint density at radius 2 is 1.79 bits per heavy atom. The van der Waals surface area contributed by atoms with Gasteiger partial charge in [-0.05, 0) is 47.4 Å².